The second-order valence-corrected chi connectivity index (χ2v) is 5.89. The van der Waals surface area contributed by atoms with Gasteiger partial charge in [-0.1, -0.05) is 11.6 Å². The van der Waals surface area contributed by atoms with Crippen molar-refractivity contribution in [2.75, 3.05) is 14.2 Å². The Morgan fingerprint density at radius 1 is 1.25 bits per heavy atom. The number of benzene rings is 2. The number of nitrogens with one attached hydrogen (secondary N) is 1. The zero-order valence-electron chi connectivity index (χ0n) is 12.8. The van der Waals surface area contributed by atoms with Crippen LogP contribution < -0.4 is 14.9 Å². The Morgan fingerprint density at radius 3 is 2.62 bits per heavy atom. The largest absolute Gasteiger partial charge is 0.503 e. The maximum Gasteiger partial charge on any atom is 0.275 e. The number of phenols is 1. The van der Waals surface area contributed by atoms with Gasteiger partial charge < -0.3 is 14.6 Å². The Bertz CT molecular complexity index is 796. The fraction of sp³-hybridized carbons (Fsp3) is 0.125. The van der Waals surface area contributed by atoms with E-state index in [9.17, 15) is 9.90 Å². The van der Waals surface area contributed by atoms with Crippen LogP contribution in [0.3, 0.4) is 0 Å². The molecule has 0 saturated carbocycles. The lowest BCUT2D eigenvalue weighted by atomic mass is 10.2. The molecule has 0 aromatic heterocycles. The number of carbonyl (C=O) groups is 1. The summed E-state index contributed by atoms with van der Waals surface area (Å²) in [5.41, 5.74) is 3.28. The number of hydrogen-bond acceptors (Lipinski definition) is 5. The zero-order chi connectivity index (χ0) is 17.7. The Kier molecular flexibility index (Phi) is 6.05. The number of hydrazone groups is 1. The molecule has 0 aliphatic carbocycles. The molecule has 0 bridgehead atoms. The highest BCUT2D eigenvalue weighted by atomic mass is 79.9. The molecule has 0 unspecified atom stereocenters. The number of halogens is 2. The average molecular weight is 414 g/mol. The van der Waals surface area contributed by atoms with E-state index in [-0.39, 0.29) is 17.1 Å². The van der Waals surface area contributed by atoms with Crippen molar-refractivity contribution in [3.63, 3.8) is 0 Å². The lowest BCUT2D eigenvalue weighted by Crippen LogP contribution is -2.18. The first-order chi connectivity index (χ1) is 11.5. The van der Waals surface area contributed by atoms with E-state index < -0.39 is 5.91 Å². The van der Waals surface area contributed by atoms with Crippen LogP contribution in [-0.4, -0.2) is 31.4 Å². The zero-order valence-corrected chi connectivity index (χ0v) is 15.2. The predicted molar refractivity (Wildman–Crippen MR) is 95.4 cm³/mol. The third-order valence-electron chi connectivity index (χ3n) is 3.06. The van der Waals surface area contributed by atoms with E-state index in [1.54, 1.807) is 24.3 Å². The first-order valence-electron chi connectivity index (χ1n) is 6.69. The summed E-state index contributed by atoms with van der Waals surface area (Å²) in [6.45, 7) is 0. The lowest BCUT2D eigenvalue weighted by molar-refractivity contribution is 0.0952. The van der Waals surface area contributed by atoms with Crippen LogP contribution in [0.5, 0.6) is 17.2 Å². The van der Waals surface area contributed by atoms with Crippen LogP contribution in [-0.2, 0) is 0 Å². The van der Waals surface area contributed by atoms with E-state index in [0.717, 1.165) is 0 Å². The van der Waals surface area contributed by atoms with Crippen molar-refractivity contribution in [2.45, 2.75) is 0 Å². The molecular formula is C16H14BrClN2O4. The molecule has 0 radical (unpaired) electrons. The van der Waals surface area contributed by atoms with E-state index in [1.807, 2.05) is 0 Å². The monoisotopic (exact) mass is 412 g/mol. The number of carbonyl (C=O) groups excluding carboxylic acids is 1. The van der Waals surface area contributed by atoms with Crippen molar-refractivity contribution in [1.82, 2.24) is 5.43 Å². The summed E-state index contributed by atoms with van der Waals surface area (Å²) in [7, 11) is 2.90. The highest BCUT2D eigenvalue weighted by molar-refractivity contribution is 9.10. The van der Waals surface area contributed by atoms with Crippen LogP contribution in [0, 0.1) is 0 Å². The number of rotatable bonds is 5. The lowest BCUT2D eigenvalue weighted by Gasteiger charge is -2.08. The molecule has 0 aliphatic heterocycles. The van der Waals surface area contributed by atoms with Crippen LogP contribution in [0.15, 0.2) is 39.9 Å². The minimum atomic E-state index is -0.463. The molecule has 0 atom stereocenters. The number of hydrogen-bond donors (Lipinski definition) is 2. The van der Waals surface area contributed by atoms with Gasteiger partial charge in [0.1, 0.15) is 5.75 Å². The van der Waals surface area contributed by atoms with E-state index in [4.69, 9.17) is 21.1 Å². The van der Waals surface area contributed by atoms with E-state index in [1.165, 1.54) is 26.5 Å². The molecule has 0 spiro atoms. The van der Waals surface area contributed by atoms with Crippen LogP contribution in [0.1, 0.15) is 15.9 Å². The standard InChI is InChI=1S/C16H14BrClN2O4/c1-23-13-4-3-10(18)7-11(13)16(22)20-19-8-9-5-12(17)15(21)14(6-9)24-2/h3-8,21H,1-2H3,(H,20,22)/b19-8+. The third kappa shape index (κ3) is 4.18. The number of methoxy groups -OCH3 is 2. The summed E-state index contributed by atoms with van der Waals surface area (Å²) in [6, 6.07) is 7.93. The normalized spacial score (nSPS) is 10.7. The summed E-state index contributed by atoms with van der Waals surface area (Å²) in [5, 5.41) is 14.1. The smallest absolute Gasteiger partial charge is 0.275 e. The molecule has 0 fully saturated rings. The van der Waals surface area contributed by atoms with Gasteiger partial charge in [0.2, 0.25) is 0 Å². The van der Waals surface area contributed by atoms with Gasteiger partial charge in [-0.25, -0.2) is 5.43 Å². The highest BCUT2D eigenvalue weighted by Crippen LogP contribution is 2.34. The molecule has 126 valence electrons. The Balaban J connectivity index is 2.16. The van der Waals surface area contributed by atoms with Crippen LogP contribution in [0.25, 0.3) is 0 Å². The van der Waals surface area contributed by atoms with Crippen molar-refractivity contribution < 1.29 is 19.4 Å². The Morgan fingerprint density at radius 2 is 1.96 bits per heavy atom. The molecule has 0 aliphatic rings. The van der Waals surface area contributed by atoms with Crippen LogP contribution in [0.2, 0.25) is 5.02 Å². The molecule has 2 aromatic rings. The van der Waals surface area contributed by atoms with Gasteiger partial charge in [0.05, 0.1) is 30.5 Å². The summed E-state index contributed by atoms with van der Waals surface area (Å²) in [6.07, 6.45) is 1.42. The SMILES string of the molecule is COc1ccc(Cl)cc1C(=O)N/N=C/c1cc(Br)c(O)c(OC)c1. The number of amides is 1. The van der Waals surface area contributed by atoms with Crippen molar-refractivity contribution in [2.24, 2.45) is 5.10 Å². The number of nitrogens with zero attached hydrogens (tertiary/aromatic N) is 1. The van der Waals surface area contributed by atoms with Gasteiger partial charge >= 0.3 is 0 Å². The number of phenolic OH excluding ortho intramolecular Hbond substituents is 1. The minimum Gasteiger partial charge on any atom is -0.503 e. The summed E-state index contributed by atoms with van der Waals surface area (Å²) in [4.78, 5) is 12.2. The summed E-state index contributed by atoms with van der Waals surface area (Å²) < 4.78 is 10.6. The van der Waals surface area contributed by atoms with Crippen molar-refractivity contribution in [1.29, 1.82) is 0 Å². The summed E-state index contributed by atoms with van der Waals surface area (Å²) >= 11 is 9.11. The first kappa shape index (κ1) is 18.1. The van der Waals surface area contributed by atoms with Crippen LogP contribution >= 0.6 is 27.5 Å². The molecule has 1 amide bonds. The molecule has 0 heterocycles. The molecule has 2 N–H and O–H groups in total. The molecule has 8 heteroatoms. The molecule has 6 nitrogen and oxygen atoms in total. The predicted octanol–water partition coefficient (Wildman–Crippen LogP) is 3.59. The van der Waals surface area contributed by atoms with E-state index in [0.29, 0.717) is 20.8 Å². The Labute approximate surface area is 152 Å². The number of ether oxygens (including phenoxy) is 2. The van der Waals surface area contributed by atoms with Gasteiger partial charge in [-0.3, -0.25) is 4.79 Å². The second-order valence-electron chi connectivity index (χ2n) is 4.60. The third-order valence-corrected chi connectivity index (χ3v) is 3.90. The quantitative estimate of drug-likeness (QED) is 0.580. The van der Waals surface area contributed by atoms with Crippen molar-refractivity contribution in [3.8, 4) is 17.2 Å². The highest BCUT2D eigenvalue weighted by Gasteiger charge is 2.12. The fourth-order valence-corrected chi connectivity index (χ4v) is 2.54. The van der Waals surface area contributed by atoms with E-state index >= 15 is 0 Å². The minimum absolute atomic E-state index is 0.0117. The topological polar surface area (TPSA) is 80.2 Å². The molecule has 24 heavy (non-hydrogen) atoms. The second kappa shape index (κ2) is 8.03. The fourth-order valence-electron chi connectivity index (χ4n) is 1.91. The molecule has 2 aromatic carbocycles. The Hall–Kier alpha value is -2.25. The van der Waals surface area contributed by atoms with Crippen molar-refractivity contribution in [3.05, 3.63) is 51.0 Å². The van der Waals surface area contributed by atoms with Gasteiger partial charge in [-0.2, -0.15) is 5.10 Å². The van der Waals surface area contributed by atoms with Gasteiger partial charge in [0.15, 0.2) is 11.5 Å². The maximum absolute atomic E-state index is 12.2. The first-order valence-corrected chi connectivity index (χ1v) is 7.86. The molecule has 2 rings (SSSR count). The van der Waals surface area contributed by atoms with Crippen molar-refractivity contribution >= 4 is 39.7 Å². The van der Waals surface area contributed by atoms with Gasteiger partial charge in [-0.15, -0.1) is 0 Å². The summed E-state index contributed by atoms with van der Waals surface area (Å²) in [5.74, 6) is 0.201. The van der Waals surface area contributed by atoms with Crippen LogP contribution in [0.4, 0.5) is 0 Å². The number of aromatic hydroxyl groups is 1. The van der Waals surface area contributed by atoms with Gasteiger partial charge in [-0.05, 0) is 51.8 Å². The van der Waals surface area contributed by atoms with Gasteiger partial charge in [0.25, 0.3) is 5.91 Å². The average Bonchev–Trinajstić information content (AvgIpc) is 2.57. The molecule has 0 saturated heterocycles. The van der Waals surface area contributed by atoms with Gasteiger partial charge in [0, 0.05) is 5.02 Å². The maximum atomic E-state index is 12.2. The van der Waals surface area contributed by atoms with E-state index in [2.05, 4.69) is 26.5 Å². The molecular weight excluding hydrogens is 400 g/mol.